The molecule has 1 aliphatic heterocycles. The second-order valence-corrected chi connectivity index (χ2v) is 8.83. The SMILES string of the molecule is CO.CSc1cccc(-c2c[nH][n+]3cc(-c4ccc(CCN5CCCC5)cc4)cnc23)c1. The molecular formula is C26H31N4OS+. The summed E-state index contributed by atoms with van der Waals surface area (Å²) >= 11 is 1.76. The molecule has 2 aromatic heterocycles. The van der Waals surface area contributed by atoms with Gasteiger partial charge in [0.15, 0.2) is 6.20 Å². The molecule has 0 aliphatic carbocycles. The molecule has 2 aromatic carbocycles. The highest BCUT2D eigenvalue weighted by Gasteiger charge is 2.17. The summed E-state index contributed by atoms with van der Waals surface area (Å²) in [6.45, 7) is 3.70. The van der Waals surface area contributed by atoms with Crippen LogP contribution in [0.15, 0.2) is 72.0 Å². The summed E-state index contributed by atoms with van der Waals surface area (Å²) in [5.74, 6) is 0. The van der Waals surface area contributed by atoms with Crippen LogP contribution < -0.4 is 4.52 Å². The lowest BCUT2D eigenvalue weighted by Crippen LogP contribution is -2.23. The monoisotopic (exact) mass is 447 g/mol. The van der Waals surface area contributed by atoms with Crippen LogP contribution in [0.1, 0.15) is 18.4 Å². The van der Waals surface area contributed by atoms with Crippen molar-refractivity contribution in [2.75, 3.05) is 33.0 Å². The second kappa shape index (κ2) is 10.8. The van der Waals surface area contributed by atoms with Crippen molar-refractivity contribution < 1.29 is 9.62 Å². The first-order valence-corrected chi connectivity index (χ1v) is 12.3. The largest absolute Gasteiger partial charge is 0.400 e. The van der Waals surface area contributed by atoms with Gasteiger partial charge in [-0.05, 0) is 72.4 Å². The lowest BCUT2D eigenvalue weighted by Gasteiger charge is -2.14. The minimum Gasteiger partial charge on any atom is -0.400 e. The molecule has 1 fully saturated rings. The van der Waals surface area contributed by atoms with E-state index in [1.54, 1.807) is 11.8 Å². The molecule has 3 heterocycles. The van der Waals surface area contributed by atoms with Gasteiger partial charge in [0, 0.05) is 18.6 Å². The van der Waals surface area contributed by atoms with E-state index < -0.39 is 0 Å². The molecule has 0 unspecified atom stereocenters. The lowest BCUT2D eigenvalue weighted by molar-refractivity contribution is -0.578. The number of hydrogen-bond acceptors (Lipinski definition) is 4. The number of benzene rings is 2. The smallest absolute Gasteiger partial charge is 0.355 e. The van der Waals surface area contributed by atoms with E-state index in [4.69, 9.17) is 10.1 Å². The molecule has 0 spiro atoms. The van der Waals surface area contributed by atoms with Crippen molar-refractivity contribution in [2.24, 2.45) is 0 Å². The first-order valence-electron chi connectivity index (χ1n) is 11.1. The van der Waals surface area contributed by atoms with Crippen LogP contribution in [0.5, 0.6) is 0 Å². The fourth-order valence-corrected chi connectivity index (χ4v) is 4.69. The zero-order valence-electron chi connectivity index (χ0n) is 18.8. The first-order chi connectivity index (χ1) is 15.8. The molecule has 0 bridgehead atoms. The second-order valence-electron chi connectivity index (χ2n) is 7.95. The highest BCUT2D eigenvalue weighted by atomic mass is 32.2. The molecular weight excluding hydrogens is 416 g/mol. The van der Waals surface area contributed by atoms with Crippen molar-refractivity contribution in [3.05, 3.63) is 72.7 Å². The highest BCUT2D eigenvalue weighted by Crippen LogP contribution is 2.26. The Labute approximate surface area is 194 Å². The predicted molar refractivity (Wildman–Crippen MR) is 132 cm³/mol. The molecule has 0 amide bonds. The molecule has 5 nitrogen and oxygen atoms in total. The summed E-state index contributed by atoms with van der Waals surface area (Å²) in [4.78, 5) is 8.61. The Hall–Kier alpha value is -2.67. The van der Waals surface area contributed by atoms with E-state index in [-0.39, 0.29) is 0 Å². The van der Waals surface area contributed by atoms with Gasteiger partial charge in [-0.25, -0.2) is 5.10 Å². The number of aliphatic hydroxyl groups is 1. The van der Waals surface area contributed by atoms with Gasteiger partial charge in [0.2, 0.25) is 0 Å². The normalized spacial score (nSPS) is 13.8. The van der Waals surface area contributed by atoms with Crippen molar-refractivity contribution in [1.82, 2.24) is 15.0 Å². The van der Waals surface area contributed by atoms with Gasteiger partial charge in [0.1, 0.15) is 6.20 Å². The number of aromatic amines is 1. The number of aromatic nitrogens is 3. The van der Waals surface area contributed by atoms with Crippen LogP contribution in [0.3, 0.4) is 0 Å². The van der Waals surface area contributed by atoms with Gasteiger partial charge >= 0.3 is 5.65 Å². The molecule has 4 aromatic rings. The van der Waals surface area contributed by atoms with Crippen molar-refractivity contribution in [1.29, 1.82) is 0 Å². The van der Waals surface area contributed by atoms with Crippen molar-refractivity contribution in [3.8, 4) is 22.3 Å². The Kier molecular flexibility index (Phi) is 7.58. The first kappa shape index (κ1) is 22.5. The van der Waals surface area contributed by atoms with Crippen LogP contribution in [0.4, 0.5) is 0 Å². The molecule has 0 saturated carbocycles. The number of thioether (sulfide) groups is 1. The van der Waals surface area contributed by atoms with Gasteiger partial charge in [-0.1, -0.05) is 36.4 Å². The number of nitrogens with zero attached hydrogens (tertiary/aromatic N) is 3. The molecule has 6 heteroatoms. The Morgan fingerprint density at radius 1 is 1.03 bits per heavy atom. The van der Waals surface area contributed by atoms with Gasteiger partial charge < -0.3 is 10.0 Å². The maximum absolute atomic E-state index is 7.00. The van der Waals surface area contributed by atoms with Crippen LogP contribution in [0.2, 0.25) is 0 Å². The van der Waals surface area contributed by atoms with E-state index in [0.717, 1.165) is 30.3 Å². The number of H-pyrrole nitrogens is 1. The minimum atomic E-state index is 0.944. The number of rotatable bonds is 6. The van der Waals surface area contributed by atoms with Crippen LogP contribution in [-0.4, -0.2) is 53.1 Å². The third-order valence-corrected chi connectivity index (χ3v) is 6.72. The third-order valence-electron chi connectivity index (χ3n) is 5.99. The lowest BCUT2D eigenvalue weighted by atomic mass is 10.0. The van der Waals surface area contributed by atoms with E-state index in [0.29, 0.717) is 0 Å². The maximum Gasteiger partial charge on any atom is 0.355 e. The van der Waals surface area contributed by atoms with Crippen LogP contribution >= 0.6 is 11.8 Å². The van der Waals surface area contributed by atoms with E-state index in [1.807, 2.05) is 16.9 Å². The molecule has 5 rings (SSSR count). The Balaban J connectivity index is 0.00000119. The average Bonchev–Trinajstić information content (AvgIpc) is 3.54. The summed E-state index contributed by atoms with van der Waals surface area (Å²) in [6.07, 6.45) is 12.1. The fourth-order valence-electron chi connectivity index (χ4n) is 4.23. The Bertz CT molecular complexity index is 1150. The number of nitrogens with one attached hydrogen (secondary N) is 1. The van der Waals surface area contributed by atoms with Gasteiger partial charge in [0.25, 0.3) is 0 Å². The van der Waals surface area contributed by atoms with Crippen molar-refractivity contribution in [3.63, 3.8) is 0 Å². The third kappa shape index (κ3) is 5.04. The van der Waals surface area contributed by atoms with Crippen LogP contribution in [0, 0.1) is 0 Å². The number of likely N-dealkylation sites (tertiary alicyclic amines) is 1. The zero-order valence-corrected chi connectivity index (χ0v) is 19.6. The Morgan fingerprint density at radius 3 is 2.56 bits per heavy atom. The molecule has 0 atom stereocenters. The summed E-state index contributed by atoms with van der Waals surface area (Å²) < 4.78 is 2.01. The summed E-state index contributed by atoms with van der Waals surface area (Å²) in [6, 6.07) is 17.5. The standard InChI is InChI=1S/C25H26N4S.CH4O/c1-30-23-6-4-5-21(15-23)24-17-27-29-18-22(16-26-25(24)29)20-9-7-19(8-10-20)11-14-28-12-2-3-13-28;1-2/h4-10,15-18H,2-3,11-14H2,1H3;2H,1H3/p+1. The van der Waals surface area contributed by atoms with Crippen LogP contribution in [-0.2, 0) is 6.42 Å². The van der Waals surface area contributed by atoms with E-state index in [1.165, 1.54) is 54.1 Å². The van der Waals surface area contributed by atoms with Gasteiger partial charge in [-0.3, -0.25) is 0 Å². The van der Waals surface area contributed by atoms with Crippen molar-refractivity contribution in [2.45, 2.75) is 24.2 Å². The van der Waals surface area contributed by atoms with Crippen molar-refractivity contribution >= 4 is 17.4 Å². The zero-order chi connectivity index (χ0) is 22.3. The summed E-state index contributed by atoms with van der Waals surface area (Å²) in [5, 5.41) is 10.3. The Morgan fingerprint density at radius 2 is 1.81 bits per heavy atom. The minimum absolute atomic E-state index is 0.944. The number of aliphatic hydroxyl groups excluding tert-OH is 1. The molecule has 0 radical (unpaired) electrons. The van der Waals surface area contributed by atoms with E-state index >= 15 is 0 Å². The molecule has 1 aliphatic rings. The predicted octanol–water partition coefficient (Wildman–Crippen LogP) is 4.45. The average molecular weight is 448 g/mol. The quantitative estimate of drug-likeness (QED) is 0.339. The summed E-state index contributed by atoms with van der Waals surface area (Å²) in [7, 11) is 1.00. The fraction of sp³-hybridized carbons (Fsp3) is 0.308. The van der Waals surface area contributed by atoms with Gasteiger partial charge in [-0.15, -0.1) is 16.3 Å². The topological polar surface area (TPSA) is 56.2 Å². The molecule has 1 saturated heterocycles. The highest BCUT2D eigenvalue weighted by molar-refractivity contribution is 7.98. The molecule has 32 heavy (non-hydrogen) atoms. The van der Waals surface area contributed by atoms with Crippen LogP contribution in [0.25, 0.3) is 27.9 Å². The number of fused-ring (bicyclic) bond motifs is 1. The maximum atomic E-state index is 7.00. The molecule has 2 N–H and O–H groups in total. The number of hydrogen-bond donors (Lipinski definition) is 2. The summed E-state index contributed by atoms with van der Waals surface area (Å²) in [5.41, 5.74) is 6.97. The van der Waals surface area contributed by atoms with Gasteiger partial charge in [0.05, 0.1) is 17.3 Å². The van der Waals surface area contributed by atoms with Gasteiger partial charge in [-0.2, -0.15) is 0 Å². The molecule has 166 valence electrons. The van der Waals surface area contributed by atoms with E-state index in [9.17, 15) is 0 Å². The van der Waals surface area contributed by atoms with E-state index in [2.05, 4.69) is 71.0 Å².